The van der Waals surface area contributed by atoms with Gasteiger partial charge in [0.1, 0.15) is 6.04 Å². The molecule has 0 aromatic carbocycles. The monoisotopic (exact) mass is 249 g/mol. The minimum atomic E-state index is -1.50. The first-order valence-electron chi connectivity index (χ1n) is 4.47. The van der Waals surface area contributed by atoms with Crippen LogP contribution in [0.15, 0.2) is 0 Å². The van der Waals surface area contributed by atoms with Crippen molar-refractivity contribution in [1.29, 1.82) is 0 Å². The molecular formula is C8H11NO6S. The van der Waals surface area contributed by atoms with Gasteiger partial charge < -0.3 is 15.3 Å². The zero-order valence-electron chi connectivity index (χ0n) is 8.17. The fourth-order valence-corrected chi connectivity index (χ4v) is 2.65. The van der Waals surface area contributed by atoms with Gasteiger partial charge in [0.25, 0.3) is 0 Å². The Morgan fingerprint density at radius 2 is 1.94 bits per heavy atom. The smallest absolute Gasteiger partial charge is 0.334 e. The molecule has 7 nitrogen and oxygen atoms in total. The van der Waals surface area contributed by atoms with E-state index in [0.717, 1.165) is 11.8 Å². The third-order valence-corrected chi connectivity index (χ3v) is 3.73. The molecule has 2 unspecified atom stereocenters. The Balaban J connectivity index is 2.72. The maximum Gasteiger partial charge on any atom is 0.334 e. The predicted molar refractivity (Wildman–Crippen MR) is 54.3 cm³/mol. The van der Waals surface area contributed by atoms with E-state index in [1.165, 1.54) is 0 Å². The molecule has 0 aromatic rings. The maximum absolute atomic E-state index is 11.0. The highest BCUT2D eigenvalue weighted by molar-refractivity contribution is 8.01. The summed E-state index contributed by atoms with van der Waals surface area (Å²) in [4.78, 5) is 30.6. The van der Waals surface area contributed by atoms with Crippen molar-refractivity contribution in [3.63, 3.8) is 0 Å². The van der Waals surface area contributed by atoms with Gasteiger partial charge in [-0.15, -0.1) is 11.8 Å². The second-order valence-corrected chi connectivity index (χ2v) is 4.69. The van der Waals surface area contributed by atoms with E-state index in [9.17, 15) is 14.4 Å². The molecular weight excluding hydrogens is 238 g/mol. The number of nitrogens with one attached hydrogen (secondary N) is 1. The van der Waals surface area contributed by atoms with Crippen molar-refractivity contribution in [2.75, 3.05) is 5.75 Å². The number of hydrogen-bond acceptors (Lipinski definition) is 5. The molecule has 1 saturated heterocycles. The van der Waals surface area contributed by atoms with Gasteiger partial charge in [-0.3, -0.25) is 14.9 Å². The van der Waals surface area contributed by atoms with Crippen LogP contribution in [0.3, 0.4) is 0 Å². The molecule has 0 aromatic heterocycles. The van der Waals surface area contributed by atoms with E-state index < -0.39 is 28.8 Å². The van der Waals surface area contributed by atoms with E-state index in [-0.39, 0.29) is 18.6 Å². The normalized spacial score (nSPS) is 28.9. The molecule has 0 radical (unpaired) electrons. The van der Waals surface area contributed by atoms with Crippen molar-refractivity contribution in [1.82, 2.24) is 5.32 Å². The van der Waals surface area contributed by atoms with Gasteiger partial charge in [-0.25, -0.2) is 4.79 Å². The van der Waals surface area contributed by atoms with Crippen LogP contribution in [-0.2, 0) is 14.4 Å². The Morgan fingerprint density at radius 1 is 1.31 bits per heavy atom. The third kappa shape index (κ3) is 2.64. The number of hydrogen-bond donors (Lipinski definition) is 4. The van der Waals surface area contributed by atoms with Crippen LogP contribution in [0.25, 0.3) is 0 Å². The zero-order chi connectivity index (χ0) is 12.3. The fraction of sp³-hybridized carbons (Fsp3) is 0.625. The summed E-state index contributed by atoms with van der Waals surface area (Å²) in [6.07, 6.45) is -0.468. The van der Waals surface area contributed by atoms with Crippen molar-refractivity contribution in [2.24, 2.45) is 0 Å². The Morgan fingerprint density at radius 3 is 2.31 bits per heavy atom. The summed E-state index contributed by atoms with van der Waals surface area (Å²) < 4.78 is 0. The molecule has 0 aliphatic carbocycles. The summed E-state index contributed by atoms with van der Waals surface area (Å²) >= 11 is 0.922. The number of carbonyl (C=O) groups is 3. The quantitative estimate of drug-likeness (QED) is 0.510. The van der Waals surface area contributed by atoms with Crippen molar-refractivity contribution < 1.29 is 29.7 Å². The summed E-state index contributed by atoms with van der Waals surface area (Å²) in [5.41, 5.74) is 0. The summed E-state index contributed by atoms with van der Waals surface area (Å²) in [5, 5.41) is 28.7. The largest absolute Gasteiger partial charge is 0.481 e. The molecule has 8 heteroatoms. The van der Waals surface area contributed by atoms with E-state index in [0.29, 0.717) is 0 Å². The van der Waals surface area contributed by atoms with Gasteiger partial charge in [0, 0.05) is 12.2 Å². The Kier molecular flexibility index (Phi) is 3.76. The van der Waals surface area contributed by atoms with Gasteiger partial charge in [0.05, 0.1) is 0 Å². The highest BCUT2D eigenvalue weighted by atomic mass is 32.2. The van der Waals surface area contributed by atoms with Crippen LogP contribution in [0.1, 0.15) is 12.8 Å². The first kappa shape index (κ1) is 12.8. The Labute approximate surface area is 94.8 Å². The van der Waals surface area contributed by atoms with Gasteiger partial charge in [0.15, 0.2) is 4.87 Å². The van der Waals surface area contributed by atoms with E-state index in [2.05, 4.69) is 5.32 Å². The van der Waals surface area contributed by atoms with Crippen LogP contribution in [0.5, 0.6) is 0 Å². The van der Waals surface area contributed by atoms with Crippen LogP contribution in [0.4, 0.5) is 0 Å². The minimum absolute atomic E-state index is 0.112. The molecule has 0 spiro atoms. The lowest BCUT2D eigenvalue weighted by atomic mass is 10.1. The maximum atomic E-state index is 11.0. The van der Waals surface area contributed by atoms with Crippen molar-refractivity contribution in [2.45, 2.75) is 23.8 Å². The van der Waals surface area contributed by atoms with Crippen LogP contribution in [-0.4, -0.2) is 49.9 Å². The van der Waals surface area contributed by atoms with E-state index in [1.807, 2.05) is 0 Å². The van der Waals surface area contributed by atoms with Gasteiger partial charge >= 0.3 is 17.9 Å². The molecule has 90 valence electrons. The molecule has 1 fully saturated rings. The number of thioether (sulfide) groups is 1. The molecule has 1 heterocycles. The Bertz CT molecular complexity index is 332. The number of aliphatic carboxylic acids is 3. The van der Waals surface area contributed by atoms with Crippen LogP contribution < -0.4 is 5.32 Å². The standard InChI is InChI=1S/C8H11NO6S/c10-5(11)1-2-8(7(14)15)9-4(3-16-8)6(12)13/h4,9H,1-3H2,(H,10,11)(H,12,13)(H,14,15). The molecule has 1 aliphatic rings. The highest BCUT2D eigenvalue weighted by Gasteiger charge is 2.48. The van der Waals surface area contributed by atoms with E-state index in [4.69, 9.17) is 15.3 Å². The van der Waals surface area contributed by atoms with Gasteiger partial charge in [0.2, 0.25) is 0 Å². The molecule has 16 heavy (non-hydrogen) atoms. The summed E-state index contributed by atoms with van der Waals surface area (Å²) in [5.74, 6) is -3.36. The molecule has 0 saturated carbocycles. The van der Waals surface area contributed by atoms with Crippen LogP contribution in [0.2, 0.25) is 0 Å². The van der Waals surface area contributed by atoms with E-state index in [1.54, 1.807) is 0 Å². The van der Waals surface area contributed by atoms with Crippen molar-refractivity contribution >= 4 is 29.7 Å². The van der Waals surface area contributed by atoms with Crippen molar-refractivity contribution in [3.05, 3.63) is 0 Å². The minimum Gasteiger partial charge on any atom is -0.481 e. The van der Waals surface area contributed by atoms with Crippen LogP contribution >= 0.6 is 11.8 Å². The number of carboxylic acids is 3. The summed E-state index contributed by atoms with van der Waals surface area (Å²) in [6, 6.07) is -0.949. The number of rotatable bonds is 5. The summed E-state index contributed by atoms with van der Waals surface area (Å²) in [7, 11) is 0. The first-order chi connectivity index (χ1) is 7.37. The molecule has 4 N–H and O–H groups in total. The molecule has 0 bridgehead atoms. The average Bonchev–Trinajstić information content (AvgIpc) is 2.60. The lowest BCUT2D eigenvalue weighted by Gasteiger charge is -2.23. The predicted octanol–water partition coefficient (Wildman–Crippen LogP) is -0.578. The molecule has 1 rings (SSSR count). The van der Waals surface area contributed by atoms with Crippen molar-refractivity contribution in [3.8, 4) is 0 Å². The topological polar surface area (TPSA) is 124 Å². The fourth-order valence-electron chi connectivity index (χ4n) is 1.38. The molecule has 1 aliphatic heterocycles. The first-order valence-corrected chi connectivity index (χ1v) is 5.45. The molecule has 0 amide bonds. The Hall–Kier alpha value is -1.28. The zero-order valence-corrected chi connectivity index (χ0v) is 8.99. The summed E-state index contributed by atoms with van der Waals surface area (Å²) in [6.45, 7) is 0. The van der Waals surface area contributed by atoms with Gasteiger partial charge in [-0.1, -0.05) is 0 Å². The van der Waals surface area contributed by atoms with E-state index >= 15 is 0 Å². The molecule has 2 atom stereocenters. The lowest BCUT2D eigenvalue weighted by Crippen LogP contribution is -2.50. The second kappa shape index (κ2) is 4.71. The third-order valence-electron chi connectivity index (χ3n) is 2.24. The number of carboxylic acid groups (broad SMARTS) is 3. The lowest BCUT2D eigenvalue weighted by molar-refractivity contribution is -0.143. The SMILES string of the molecule is O=C(O)CCC1(C(=O)O)NC(C(=O)O)CS1. The second-order valence-electron chi connectivity index (χ2n) is 3.37. The average molecular weight is 249 g/mol. The highest BCUT2D eigenvalue weighted by Crippen LogP contribution is 2.34. The van der Waals surface area contributed by atoms with Gasteiger partial charge in [-0.05, 0) is 6.42 Å². The van der Waals surface area contributed by atoms with Gasteiger partial charge in [-0.2, -0.15) is 0 Å². The van der Waals surface area contributed by atoms with Crippen LogP contribution in [0, 0.1) is 0 Å².